The molecule has 1 aromatic rings. The van der Waals surface area contributed by atoms with E-state index in [9.17, 15) is 0 Å². The van der Waals surface area contributed by atoms with Gasteiger partial charge in [-0.1, -0.05) is 24.4 Å². The van der Waals surface area contributed by atoms with Crippen molar-refractivity contribution in [2.24, 2.45) is 5.92 Å². The Hall–Kier alpha value is -0.0500. The third-order valence-corrected chi connectivity index (χ3v) is 4.63. The monoisotopic (exact) mass is 243 g/mol. The van der Waals surface area contributed by atoms with Crippen molar-refractivity contribution < 1.29 is 0 Å². The van der Waals surface area contributed by atoms with Crippen molar-refractivity contribution >= 4 is 22.9 Å². The number of hydrogen-bond acceptors (Lipinski definition) is 2. The summed E-state index contributed by atoms with van der Waals surface area (Å²) in [6.07, 6.45) is 6.67. The van der Waals surface area contributed by atoms with Crippen LogP contribution < -0.4 is 5.32 Å². The summed E-state index contributed by atoms with van der Waals surface area (Å²) < 4.78 is 0.918. The molecule has 0 saturated heterocycles. The Bertz CT molecular complexity index is 310. The van der Waals surface area contributed by atoms with Gasteiger partial charge in [0.25, 0.3) is 0 Å². The van der Waals surface area contributed by atoms with Gasteiger partial charge in [0.1, 0.15) is 0 Å². The summed E-state index contributed by atoms with van der Waals surface area (Å²) in [4.78, 5) is 1.44. The van der Waals surface area contributed by atoms with Crippen LogP contribution in [0.1, 0.15) is 30.6 Å². The molecule has 0 spiro atoms. The number of thiophene rings is 1. The van der Waals surface area contributed by atoms with Crippen LogP contribution in [0.5, 0.6) is 0 Å². The fourth-order valence-corrected chi connectivity index (χ4v) is 3.73. The van der Waals surface area contributed by atoms with Gasteiger partial charge in [-0.25, -0.2) is 0 Å². The zero-order valence-electron chi connectivity index (χ0n) is 9.13. The first-order chi connectivity index (χ1) is 7.29. The van der Waals surface area contributed by atoms with Crippen LogP contribution in [-0.2, 0) is 6.42 Å². The first-order valence-corrected chi connectivity index (χ1v) is 6.90. The molecule has 1 aliphatic rings. The first-order valence-electron chi connectivity index (χ1n) is 5.71. The average Bonchev–Trinajstić information content (AvgIpc) is 2.65. The van der Waals surface area contributed by atoms with Gasteiger partial charge in [-0.05, 0) is 44.4 Å². The number of hydrogen-bond donors (Lipinski definition) is 1. The van der Waals surface area contributed by atoms with Crippen LogP contribution in [0, 0.1) is 5.92 Å². The Labute approximate surface area is 101 Å². The minimum atomic E-state index is 0.708. The second-order valence-electron chi connectivity index (χ2n) is 4.35. The van der Waals surface area contributed by atoms with Gasteiger partial charge in [-0.15, -0.1) is 11.3 Å². The fraction of sp³-hybridized carbons (Fsp3) is 0.667. The molecule has 84 valence electrons. The predicted molar refractivity (Wildman–Crippen MR) is 67.8 cm³/mol. The summed E-state index contributed by atoms with van der Waals surface area (Å²) in [5.41, 5.74) is 0. The zero-order valence-corrected chi connectivity index (χ0v) is 10.7. The molecule has 0 aromatic carbocycles. The molecule has 1 heterocycles. The van der Waals surface area contributed by atoms with E-state index in [2.05, 4.69) is 18.4 Å². The third-order valence-electron chi connectivity index (χ3n) is 3.37. The Morgan fingerprint density at radius 2 is 2.20 bits per heavy atom. The second kappa shape index (κ2) is 5.33. The van der Waals surface area contributed by atoms with Crippen LogP contribution in [0.4, 0.5) is 0 Å². The molecule has 0 bridgehead atoms. The van der Waals surface area contributed by atoms with Crippen LogP contribution >= 0.6 is 22.9 Å². The molecule has 3 heteroatoms. The van der Waals surface area contributed by atoms with E-state index in [0.29, 0.717) is 6.04 Å². The van der Waals surface area contributed by atoms with E-state index in [0.717, 1.165) is 10.3 Å². The Kier molecular flexibility index (Phi) is 4.06. The zero-order chi connectivity index (χ0) is 10.7. The SMILES string of the molecule is CNC1CCCCC1Cc1ccc(Cl)s1. The maximum atomic E-state index is 5.95. The average molecular weight is 244 g/mol. The molecule has 15 heavy (non-hydrogen) atoms. The number of halogens is 1. The maximum Gasteiger partial charge on any atom is 0.0931 e. The van der Waals surface area contributed by atoms with Crippen molar-refractivity contribution in [3.05, 3.63) is 21.3 Å². The van der Waals surface area contributed by atoms with Gasteiger partial charge < -0.3 is 5.32 Å². The topological polar surface area (TPSA) is 12.0 Å². The lowest BCUT2D eigenvalue weighted by Crippen LogP contribution is -2.37. The first kappa shape index (κ1) is 11.4. The van der Waals surface area contributed by atoms with Crippen molar-refractivity contribution in [3.63, 3.8) is 0 Å². The summed E-state index contributed by atoms with van der Waals surface area (Å²) in [7, 11) is 2.09. The Morgan fingerprint density at radius 3 is 2.87 bits per heavy atom. The largest absolute Gasteiger partial charge is 0.317 e. The fourth-order valence-electron chi connectivity index (χ4n) is 2.55. The minimum absolute atomic E-state index is 0.708. The minimum Gasteiger partial charge on any atom is -0.317 e. The highest BCUT2D eigenvalue weighted by Crippen LogP contribution is 2.30. The van der Waals surface area contributed by atoms with Crippen molar-refractivity contribution in [3.8, 4) is 0 Å². The Balaban J connectivity index is 1.97. The van der Waals surface area contributed by atoms with Crippen LogP contribution in [0.25, 0.3) is 0 Å². The van der Waals surface area contributed by atoms with E-state index >= 15 is 0 Å². The molecule has 1 saturated carbocycles. The lowest BCUT2D eigenvalue weighted by Gasteiger charge is -2.31. The van der Waals surface area contributed by atoms with E-state index in [1.165, 1.54) is 37.0 Å². The number of nitrogens with one attached hydrogen (secondary N) is 1. The molecule has 1 aromatic heterocycles. The lowest BCUT2D eigenvalue weighted by atomic mass is 9.82. The van der Waals surface area contributed by atoms with Gasteiger partial charge in [0.05, 0.1) is 4.34 Å². The molecule has 1 nitrogen and oxygen atoms in total. The smallest absolute Gasteiger partial charge is 0.0931 e. The van der Waals surface area contributed by atoms with Crippen LogP contribution in [0.3, 0.4) is 0 Å². The second-order valence-corrected chi connectivity index (χ2v) is 6.15. The highest BCUT2D eigenvalue weighted by Gasteiger charge is 2.24. The molecule has 2 unspecified atom stereocenters. The molecule has 0 radical (unpaired) electrons. The van der Waals surface area contributed by atoms with E-state index in [1.807, 2.05) is 6.07 Å². The highest BCUT2D eigenvalue weighted by molar-refractivity contribution is 7.16. The van der Waals surface area contributed by atoms with E-state index < -0.39 is 0 Å². The molecule has 0 aliphatic heterocycles. The van der Waals surface area contributed by atoms with Crippen molar-refractivity contribution in [1.82, 2.24) is 5.32 Å². The molecule has 1 aliphatic carbocycles. The van der Waals surface area contributed by atoms with Gasteiger partial charge in [0, 0.05) is 10.9 Å². The lowest BCUT2D eigenvalue weighted by molar-refractivity contribution is 0.274. The van der Waals surface area contributed by atoms with Gasteiger partial charge in [-0.2, -0.15) is 0 Å². The van der Waals surface area contributed by atoms with Gasteiger partial charge in [0.15, 0.2) is 0 Å². The Morgan fingerprint density at radius 1 is 1.40 bits per heavy atom. The summed E-state index contributed by atoms with van der Waals surface area (Å²) in [6, 6.07) is 4.90. The van der Waals surface area contributed by atoms with Crippen molar-refractivity contribution in [2.75, 3.05) is 7.05 Å². The van der Waals surface area contributed by atoms with Crippen LogP contribution in [-0.4, -0.2) is 13.1 Å². The van der Waals surface area contributed by atoms with Gasteiger partial charge >= 0.3 is 0 Å². The molecule has 1 fully saturated rings. The highest BCUT2D eigenvalue weighted by atomic mass is 35.5. The summed E-state index contributed by atoms with van der Waals surface area (Å²) in [5, 5.41) is 3.45. The molecule has 2 atom stereocenters. The van der Waals surface area contributed by atoms with Crippen LogP contribution in [0.15, 0.2) is 12.1 Å². The maximum absolute atomic E-state index is 5.95. The summed E-state index contributed by atoms with van der Waals surface area (Å²) >= 11 is 7.68. The molecular weight excluding hydrogens is 226 g/mol. The molecule has 1 N–H and O–H groups in total. The van der Waals surface area contributed by atoms with E-state index in [4.69, 9.17) is 11.6 Å². The van der Waals surface area contributed by atoms with E-state index in [-0.39, 0.29) is 0 Å². The van der Waals surface area contributed by atoms with Crippen LogP contribution in [0.2, 0.25) is 4.34 Å². The molecular formula is C12H18ClNS. The normalized spacial score (nSPS) is 26.8. The van der Waals surface area contributed by atoms with Gasteiger partial charge in [-0.3, -0.25) is 0 Å². The predicted octanol–water partition coefficient (Wildman–Crippen LogP) is 3.72. The van der Waals surface area contributed by atoms with Crippen molar-refractivity contribution in [1.29, 1.82) is 0 Å². The molecule has 2 rings (SSSR count). The summed E-state index contributed by atoms with van der Waals surface area (Å²) in [6.45, 7) is 0. The standard InChI is InChI=1S/C12H18ClNS/c1-14-11-5-3-2-4-9(11)8-10-6-7-12(13)15-10/h6-7,9,11,14H,2-5,8H2,1H3. The van der Waals surface area contributed by atoms with E-state index in [1.54, 1.807) is 11.3 Å². The van der Waals surface area contributed by atoms with Crippen molar-refractivity contribution in [2.45, 2.75) is 38.1 Å². The van der Waals surface area contributed by atoms with Gasteiger partial charge in [0.2, 0.25) is 0 Å². The quantitative estimate of drug-likeness (QED) is 0.853. The number of rotatable bonds is 3. The third kappa shape index (κ3) is 2.96. The molecule has 0 amide bonds. The summed E-state index contributed by atoms with van der Waals surface area (Å²) in [5.74, 6) is 0.804.